The van der Waals surface area contributed by atoms with Crippen molar-refractivity contribution in [3.63, 3.8) is 0 Å². The van der Waals surface area contributed by atoms with E-state index in [1.165, 1.54) is 6.07 Å². The molecule has 0 heterocycles. The summed E-state index contributed by atoms with van der Waals surface area (Å²) in [5.41, 5.74) is 0.253. The van der Waals surface area contributed by atoms with Crippen LogP contribution in [0.25, 0.3) is 0 Å². The number of hydrogen-bond acceptors (Lipinski definition) is 2. The average molecular weight is 332 g/mol. The Labute approximate surface area is 123 Å². The molecule has 0 fully saturated rings. The second-order valence-electron chi connectivity index (χ2n) is 5.16. The van der Waals surface area contributed by atoms with E-state index >= 15 is 0 Å². The van der Waals surface area contributed by atoms with Gasteiger partial charge in [-0.15, -0.1) is 0 Å². The van der Waals surface area contributed by atoms with Gasteiger partial charge in [0.1, 0.15) is 5.82 Å². The molecule has 1 aromatic carbocycles. The Balaban J connectivity index is 2.96. The summed E-state index contributed by atoms with van der Waals surface area (Å²) in [4.78, 5) is 2.05. The molecule has 0 bridgehead atoms. The topological polar surface area (TPSA) is 23.5 Å². The summed E-state index contributed by atoms with van der Waals surface area (Å²) >= 11 is 3.24. The normalized spacial score (nSPS) is 13.9. The fourth-order valence-corrected chi connectivity index (χ4v) is 3.07. The van der Waals surface area contributed by atoms with E-state index in [1.807, 2.05) is 14.1 Å². The zero-order valence-electron chi connectivity index (χ0n) is 12.1. The third-order valence-electron chi connectivity index (χ3n) is 4.16. The molecule has 0 saturated carbocycles. The van der Waals surface area contributed by atoms with Crippen LogP contribution in [-0.4, -0.2) is 35.7 Å². The summed E-state index contributed by atoms with van der Waals surface area (Å²) in [6.07, 6.45) is 1.40. The van der Waals surface area contributed by atoms with E-state index < -0.39 is 6.10 Å². The van der Waals surface area contributed by atoms with Crippen LogP contribution in [0.2, 0.25) is 0 Å². The van der Waals surface area contributed by atoms with E-state index in [0.29, 0.717) is 16.5 Å². The van der Waals surface area contributed by atoms with Crippen molar-refractivity contribution in [1.29, 1.82) is 0 Å². The van der Waals surface area contributed by atoms with Gasteiger partial charge >= 0.3 is 0 Å². The highest BCUT2D eigenvalue weighted by atomic mass is 79.9. The molecule has 0 aliphatic carbocycles. The molecule has 0 aliphatic heterocycles. The van der Waals surface area contributed by atoms with Crippen molar-refractivity contribution < 1.29 is 9.50 Å². The maximum Gasteiger partial charge on any atom is 0.127 e. The Kier molecular flexibility index (Phi) is 5.96. The quantitative estimate of drug-likeness (QED) is 0.860. The molecular formula is C15H23BrFNO. The fraction of sp³-hybridized carbons (Fsp3) is 0.600. The number of aliphatic hydroxyl groups excluding tert-OH is 1. The SMILES string of the molecule is CCC(CC)(C(O)Cc1ccc(Br)cc1F)N(C)C. The van der Waals surface area contributed by atoms with Crippen LogP contribution in [0, 0.1) is 5.82 Å². The van der Waals surface area contributed by atoms with Crippen molar-refractivity contribution >= 4 is 15.9 Å². The highest BCUT2D eigenvalue weighted by Gasteiger charge is 2.36. The molecule has 0 amide bonds. The Morgan fingerprint density at radius 3 is 2.32 bits per heavy atom. The second kappa shape index (κ2) is 6.82. The number of benzene rings is 1. The van der Waals surface area contributed by atoms with Gasteiger partial charge in [-0.05, 0) is 44.6 Å². The van der Waals surface area contributed by atoms with Crippen molar-refractivity contribution in [3.05, 3.63) is 34.1 Å². The molecule has 0 saturated heterocycles. The van der Waals surface area contributed by atoms with Gasteiger partial charge in [-0.3, -0.25) is 0 Å². The minimum Gasteiger partial charge on any atom is -0.391 e. The highest BCUT2D eigenvalue weighted by Crippen LogP contribution is 2.29. The first kappa shape index (κ1) is 16.6. The first-order chi connectivity index (χ1) is 8.87. The van der Waals surface area contributed by atoms with Gasteiger partial charge in [-0.1, -0.05) is 35.8 Å². The molecule has 1 unspecified atom stereocenters. The minimum atomic E-state index is -0.590. The van der Waals surface area contributed by atoms with Crippen molar-refractivity contribution in [2.75, 3.05) is 14.1 Å². The van der Waals surface area contributed by atoms with Crippen molar-refractivity contribution in [2.24, 2.45) is 0 Å². The van der Waals surface area contributed by atoms with Crippen LogP contribution in [0.1, 0.15) is 32.3 Å². The molecule has 0 aromatic heterocycles. The molecule has 4 heteroatoms. The third kappa shape index (κ3) is 3.56. The summed E-state index contributed by atoms with van der Waals surface area (Å²) in [5, 5.41) is 10.6. The lowest BCUT2D eigenvalue weighted by Crippen LogP contribution is -2.53. The van der Waals surface area contributed by atoms with Gasteiger partial charge in [0.2, 0.25) is 0 Å². The summed E-state index contributed by atoms with van der Waals surface area (Å²) in [7, 11) is 3.93. The van der Waals surface area contributed by atoms with Crippen LogP contribution in [0.5, 0.6) is 0 Å². The van der Waals surface area contributed by atoms with Gasteiger partial charge in [0.15, 0.2) is 0 Å². The van der Waals surface area contributed by atoms with Crippen LogP contribution in [0.3, 0.4) is 0 Å². The number of halogens is 2. The standard InChI is InChI=1S/C15H23BrFNO/c1-5-15(6-2,18(3)4)14(19)9-11-7-8-12(16)10-13(11)17/h7-8,10,14,19H,5-6,9H2,1-4H3. The van der Waals surface area contributed by atoms with Crippen LogP contribution in [0.15, 0.2) is 22.7 Å². The van der Waals surface area contributed by atoms with Crippen LogP contribution in [-0.2, 0) is 6.42 Å². The summed E-state index contributed by atoms with van der Waals surface area (Å²) in [6, 6.07) is 4.98. The Morgan fingerprint density at radius 2 is 1.89 bits per heavy atom. The molecule has 1 aromatic rings. The van der Waals surface area contributed by atoms with Crippen molar-refractivity contribution in [1.82, 2.24) is 4.90 Å². The van der Waals surface area contributed by atoms with Gasteiger partial charge in [-0.2, -0.15) is 0 Å². The third-order valence-corrected chi connectivity index (χ3v) is 4.66. The highest BCUT2D eigenvalue weighted by molar-refractivity contribution is 9.10. The van der Waals surface area contributed by atoms with Crippen LogP contribution >= 0.6 is 15.9 Å². The largest absolute Gasteiger partial charge is 0.391 e. The molecule has 0 aliphatic rings. The Morgan fingerprint density at radius 1 is 1.32 bits per heavy atom. The van der Waals surface area contributed by atoms with Crippen LogP contribution < -0.4 is 0 Å². The number of rotatable bonds is 6. The second-order valence-corrected chi connectivity index (χ2v) is 6.08. The molecule has 0 radical (unpaired) electrons. The van der Waals surface area contributed by atoms with Gasteiger partial charge in [0.25, 0.3) is 0 Å². The first-order valence-corrected chi connectivity index (χ1v) is 7.46. The van der Waals surface area contributed by atoms with E-state index in [4.69, 9.17) is 0 Å². The number of nitrogens with zero attached hydrogens (tertiary/aromatic N) is 1. The molecule has 19 heavy (non-hydrogen) atoms. The van der Waals surface area contributed by atoms with E-state index in [2.05, 4.69) is 34.7 Å². The van der Waals surface area contributed by atoms with E-state index in [9.17, 15) is 9.50 Å². The van der Waals surface area contributed by atoms with Crippen molar-refractivity contribution in [3.8, 4) is 0 Å². The minimum absolute atomic E-state index is 0.270. The van der Waals surface area contributed by atoms with Crippen molar-refractivity contribution in [2.45, 2.75) is 44.8 Å². The van der Waals surface area contributed by atoms with Gasteiger partial charge in [0.05, 0.1) is 6.10 Å². The monoisotopic (exact) mass is 331 g/mol. The molecular weight excluding hydrogens is 309 g/mol. The summed E-state index contributed by atoms with van der Waals surface area (Å²) < 4.78 is 14.6. The molecule has 1 atom stereocenters. The van der Waals surface area contributed by atoms with E-state index in [1.54, 1.807) is 12.1 Å². The lowest BCUT2D eigenvalue weighted by atomic mass is 9.82. The Hall–Kier alpha value is -0.450. The zero-order chi connectivity index (χ0) is 14.6. The van der Waals surface area contributed by atoms with E-state index in [-0.39, 0.29) is 11.4 Å². The van der Waals surface area contributed by atoms with E-state index in [0.717, 1.165) is 12.8 Å². The smallest absolute Gasteiger partial charge is 0.127 e. The fourth-order valence-electron chi connectivity index (χ4n) is 2.74. The molecule has 1 rings (SSSR count). The summed E-state index contributed by atoms with van der Waals surface area (Å²) in [6.45, 7) is 4.12. The number of likely N-dealkylation sites (N-methyl/N-ethyl adjacent to an activating group) is 1. The lowest BCUT2D eigenvalue weighted by Gasteiger charge is -2.42. The number of aliphatic hydroxyl groups is 1. The average Bonchev–Trinajstić information content (AvgIpc) is 2.34. The maximum atomic E-state index is 13.9. The molecule has 0 spiro atoms. The van der Waals surface area contributed by atoms with Gasteiger partial charge in [0, 0.05) is 16.4 Å². The van der Waals surface area contributed by atoms with Gasteiger partial charge in [-0.25, -0.2) is 4.39 Å². The molecule has 108 valence electrons. The Bertz CT molecular complexity index is 419. The lowest BCUT2D eigenvalue weighted by molar-refractivity contribution is -0.0129. The predicted molar refractivity (Wildman–Crippen MR) is 80.8 cm³/mol. The molecule has 2 nitrogen and oxygen atoms in total. The van der Waals surface area contributed by atoms with Gasteiger partial charge < -0.3 is 10.0 Å². The maximum absolute atomic E-state index is 13.9. The number of hydrogen-bond donors (Lipinski definition) is 1. The zero-order valence-corrected chi connectivity index (χ0v) is 13.7. The predicted octanol–water partition coefficient (Wildman–Crippen LogP) is 3.61. The summed E-state index contributed by atoms with van der Waals surface area (Å²) in [5.74, 6) is -0.270. The molecule has 1 N–H and O–H groups in total. The first-order valence-electron chi connectivity index (χ1n) is 6.66. The van der Waals surface area contributed by atoms with Crippen LogP contribution in [0.4, 0.5) is 4.39 Å².